The van der Waals surface area contributed by atoms with Gasteiger partial charge in [-0.2, -0.15) is 5.10 Å². The zero-order valence-corrected chi connectivity index (χ0v) is 14.9. The fourth-order valence-corrected chi connectivity index (χ4v) is 4.21. The SMILES string of the molecule is CCn1nccc1CN1CC(CCN2CCCC2=O)c2ccccc21. The van der Waals surface area contributed by atoms with E-state index in [9.17, 15) is 4.79 Å². The number of hydrogen-bond acceptors (Lipinski definition) is 3. The minimum absolute atomic E-state index is 0.329. The van der Waals surface area contributed by atoms with E-state index >= 15 is 0 Å². The predicted octanol–water partition coefficient (Wildman–Crippen LogP) is 3.02. The Kier molecular flexibility index (Phi) is 4.47. The number of carbonyl (C=O) groups excluding carboxylic acids is 1. The maximum atomic E-state index is 11.9. The Hall–Kier alpha value is -2.30. The summed E-state index contributed by atoms with van der Waals surface area (Å²) >= 11 is 0. The van der Waals surface area contributed by atoms with Crippen molar-refractivity contribution in [3.63, 3.8) is 0 Å². The van der Waals surface area contributed by atoms with E-state index in [-0.39, 0.29) is 0 Å². The Labute approximate surface area is 149 Å². The Balaban J connectivity index is 1.48. The molecule has 0 radical (unpaired) electrons. The molecule has 0 aliphatic carbocycles. The van der Waals surface area contributed by atoms with Crippen LogP contribution in [0.3, 0.4) is 0 Å². The maximum absolute atomic E-state index is 11.9. The van der Waals surface area contributed by atoms with Crippen molar-refractivity contribution < 1.29 is 4.79 Å². The second-order valence-corrected chi connectivity index (χ2v) is 7.05. The molecule has 1 fully saturated rings. The van der Waals surface area contributed by atoms with E-state index in [1.54, 1.807) is 0 Å². The van der Waals surface area contributed by atoms with Crippen LogP contribution in [0.5, 0.6) is 0 Å². The van der Waals surface area contributed by atoms with Crippen molar-refractivity contribution in [2.75, 3.05) is 24.5 Å². The number of hydrogen-bond donors (Lipinski definition) is 0. The molecule has 5 nitrogen and oxygen atoms in total. The summed E-state index contributed by atoms with van der Waals surface area (Å²) in [7, 11) is 0. The van der Waals surface area contributed by atoms with E-state index in [1.807, 2.05) is 11.1 Å². The van der Waals surface area contributed by atoms with E-state index in [2.05, 4.69) is 51.9 Å². The van der Waals surface area contributed by atoms with Crippen LogP contribution in [0.2, 0.25) is 0 Å². The molecule has 1 atom stereocenters. The van der Waals surface area contributed by atoms with E-state index in [4.69, 9.17) is 0 Å². The highest BCUT2D eigenvalue weighted by Gasteiger charge is 2.30. The van der Waals surface area contributed by atoms with Crippen LogP contribution in [-0.4, -0.2) is 40.2 Å². The average Bonchev–Trinajstić information content (AvgIpc) is 3.33. The summed E-state index contributed by atoms with van der Waals surface area (Å²) in [5, 5.41) is 4.39. The molecule has 2 aromatic rings. The minimum atomic E-state index is 0.329. The molecule has 132 valence electrons. The van der Waals surface area contributed by atoms with Crippen molar-refractivity contribution in [1.29, 1.82) is 0 Å². The lowest BCUT2D eigenvalue weighted by atomic mass is 9.98. The van der Waals surface area contributed by atoms with E-state index < -0.39 is 0 Å². The van der Waals surface area contributed by atoms with Gasteiger partial charge in [-0.15, -0.1) is 0 Å². The first kappa shape index (κ1) is 16.2. The van der Waals surface area contributed by atoms with Gasteiger partial charge in [0.1, 0.15) is 0 Å². The van der Waals surface area contributed by atoms with Crippen molar-refractivity contribution >= 4 is 11.6 Å². The number of benzene rings is 1. The predicted molar refractivity (Wildman–Crippen MR) is 98.6 cm³/mol. The van der Waals surface area contributed by atoms with E-state index in [1.165, 1.54) is 16.9 Å². The van der Waals surface area contributed by atoms with Crippen molar-refractivity contribution in [2.45, 2.75) is 45.2 Å². The average molecular weight is 338 g/mol. The highest BCUT2D eigenvalue weighted by atomic mass is 16.2. The number of nitrogens with zero attached hydrogens (tertiary/aromatic N) is 4. The summed E-state index contributed by atoms with van der Waals surface area (Å²) < 4.78 is 2.07. The molecular formula is C20H26N4O. The Bertz CT molecular complexity index is 754. The molecule has 5 heteroatoms. The molecule has 25 heavy (non-hydrogen) atoms. The third kappa shape index (κ3) is 3.15. The van der Waals surface area contributed by atoms with Crippen molar-refractivity contribution in [2.24, 2.45) is 0 Å². The molecule has 1 amide bonds. The van der Waals surface area contributed by atoms with Crippen molar-refractivity contribution in [3.05, 3.63) is 47.8 Å². The van der Waals surface area contributed by atoms with Gasteiger partial charge in [0.15, 0.2) is 0 Å². The molecule has 0 spiro atoms. The highest BCUT2D eigenvalue weighted by molar-refractivity contribution is 5.78. The number of likely N-dealkylation sites (tertiary alicyclic amines) is 1. The van der Waals surface area contributed by atoms with Crippen LogP contribution in [0.4, 0.5) is 5.69 Å². The number of anilines is 1. The van der Waals surface area contributed by atoms with Crippen molar-refractivity contribution in [1.82, 2.24) is 14.7 Å². The van der Waals surface area contributed by atoms with Gasteiger partial charge in [-0.25, -0.2) is 0 Å². The molecule has 2 aliphatic rings. The summed E-state index contributed by atoms with van der Waals surface area (Å²) in [4.78, 5) is 16.4. The molecule has 0 N–H and O–H groups in total. The summed E-state index contributed by atoms with van der Waals surface area (Å²) in [6.07, 6.45) is 4.69. The zero-order valence-electron chi connectivity index (χ0n) is 14.9. The van der Waals surface area contributed by atoms with Gasteiger partial charge < -0.3 is 9.80 Å². The molecule has 0 bridgehead atoms. The standard InChI is InChI=1S/C20H26N4O/c1-2-24-17(9-11-21-24)15-23-14-16(18-6-3-4-7-19(18)23)10-13-22-12-5-8-20(22)25/h3-4,6-7,9,11,16H,2,5,8,10,12-15H2,1H3. The zero-order chi connectivity index (χ0) is 17.2. The topological polar surface area (TPSA) is 41.4 Å². The van der Waals surface area contributed by atoms with Gasteiger partial charge in [0.2, 0.25) is 5.91 Å². The van der Waals surface area contributed by atoms with Gasteiger partial charge >= 0.3 is 0 Å². The van der Waals surface area contributed by atoms with Gasteiger partial charge in [0.25, 0.3) is 0 Å². The molecule has 4 rings (SSSR count). The Morgan fingerprint density at radius 3 is 2.88 bits per heavy atom. The number of fused-ring (bicyclic) bond motifs is 1. The number of aromatic nitrogens is 2. The molecule has 3 heterocycles. The van der Waals surface area contributed by atoms with Crippen molar-refractivity contribution in [3.8, 4) is 0 Å². The smallest absolute Gasteiger partial charge is 0.222 e. The number of aryl methyl sites for hydroxylation is 1. The summed E-state index contributed by atoms with van der Waals surface area (Å²) in [6.45, 7) is 6.77. The van der Waals surface area contributed by atoms with Gasteiger partial charge in [-0.3, -0.25) is 9.48 Å². The second-order valence-electron chi connectivity index (χ2n) is 7.05. The van der Waals surface area contributed by atoms with Crippen LogP contribution in [-0.2, 0) is 17.9 Å². The molecule has 1 unspecified atom stereocenters. The Morgan fingerprint density at radius 2 is 2.08 bits per heavy atom. The first-order chi connectivity index (χ1) is 12.3. The van der Waals surface area contributed by atoms with Gasteiger partial charge in [0.05, 0.1) is 12.2 Å². The van der Waals surface area contributed by atoms with Crippen LogP contribution in [0.15, 0.2) is 36.5 Å². The number of para-hydroxylation sites is 1. The largest absolute Gasteiger partial charge is 0.365 e. The molecule has 1 aromatic carbocycles. The molecule has 2 aliphatic heterocycles. The van der Waals surface area contributed by atoms with Crippen LogP contribution in [0.25, 0.3) is 0 Å². The Morgan fingerprint density at radius 1 is 1.20 bits per heavy atom. The lowest BCUT2D eigenvalue weighted by Crippen LogP contribution is -2.28. The monoisotopic (exact) mass is 338 g/mol. The quantitative estimate of drug-likeness (QED) is 0.813. The van der Waals surface area contributed by atoms with E-state index in [0.29, 0.717) is 11.8 Å². The first-order valence-electron chi connectivity index (χ1n) is 9.38. The maximum Gasteiger partial charge on any atom is 0.222 e. The summed E-state index contributed by atoms with van der Waals surface area (Å²) in [6, 6.07) is 10.8. The summed E-state index contributed by atoms with van der Waals surface area (Å²) in [5.74, 6) is 0.831. The first-order valence-corrected chi connectivity index (χ1v) is 9.38. The van der Waals surface area contributed by atoms with Crippen LogP contribution in [0.1, 0.15) is 43.4 Å². The minimum Gasteiger partial charge on any atom is -0.365 e. The second kappa shape index (κ2) is 6.90. The van der Waals surface area contributed by atoms with Gasteiger partial charge in [0, 0.05) is 50.4 Å². The lowest BCUT2D eigenvalue weighted by molar-refractivity contribution is -0.127. The van der Waals surface area contributed by atoms with Gasteiger partial charge in [-0.1, -0.05) is 18.2 Å². The highest BCUT2D eigenvalue weighted by Crippen LogP contribution is 2.39. The van der Waals surface area contributed by atoms with Crippen LogP contribution >= 0.6 is 0 Å². The molecule has 0 saturated carbocycles. The van der Waals surface area contributed by atoms with Crippen LogP contribution < -0.4 is 4.90 Å². The third-order valence-corrected chi connectivity index (χ3v) is 5.53. The summed E-state index contributed by atoms with van der Waals surface area (Å²) in [5.41, 5.74) is 4.02. The normalized spacial score (nSPS) is 19.7. The number of rotatable bonds is 6. The van der Waals surface area contributed by atoms with Gasteiger partial charge in [-0.05, 0) is 37.5 Å². The van der Waals surface area contributed by atoms with Crippen LogP contribution in [0, 0.1) is 0 Å². The third-order valence-electron chi connectivity index (χ3n) is 5.53. The number of carbonyl (C=O) groups is 1. The molecule has 1 saturated heterocycles. The fraction of sp³-hybridized carbons (Fsp3) is 0.500. The lowest BCUT2D eigenvalue weighted by Gasteiger charge is -2.21. The van der Waals surface area contributed by atoms with E-state index in [0.717, 1.165) is 52.0 Å². The molecular weight excluding hydrogens is 312 g/mol. The molecule has 1 aromatic heterocycles. The number of amides is 1. The fourth-order valence-electron chi connectivity index (χ4n) is 4.21.